The normalized spacial score (nSPS) is 10.8. The fraction of sp³-hybridized carbons (Fsp3) is 0.250. The third-order valence-corrected chi connectivity index (χ3v) is 4.05. The summed E-state index contributed by atoms with van der Waals surface area (Å²) in [6.45, 7) is 3.70. The van der Waals surface area contributed by atoms with Gasteiger partial charge in [-0.15, -0.1) is 0 Å². The summed E-state index contributed by atoms with van der Waals surface area (Å²) in [5.74, 6) is 1.14. The zero-order chi connectivity index (χ0) is 18.6. The summed E-state index contributed by atoms with van der Waals surface area (Å²) in [6, 6.07) is 6.90. The molecule has 0 bridgehead atoms. The Morgan fingerprint density at radius 1 is 1.00 bits per heavy atom. The van der Waals surface area contributed by atoms with Gasteiger partial charge in [0.25, 0.3) is 0 Å². The van der Waals surface area contributed by atoms with Crippen LogP contribution in [0, 0.1) is 13.8 Å². The molecule has 5 nitrogen and oxygen atoms in total. The van der Waals surface area contributed by atoms with Gasteiger partial charge < -0.3 is 19.3 Å². The van der Waals surface area contributed by atoms with E-state index in [1.807, 2.05) is 19.9 Å². The summed E-state index contributed by atoms with van der Waals surface area (Å²) in [4.78, 5) is 12.6. The highest BCUT2D eigenvalue weighted by Gasteiger charge is 2.19. The van der Waals surface area contributed by atoms with E-state index in [4.69, 9.17) is 14.2 Å². The number of benzene rings is 2. The zero-order valence-corrected chi connectivity index (χ0v) is 15.0. The first kappa shape index (κ1) is 18.4. The van der Waals surface area contributed by atoms with E-state index in [0.717, 1.165) is 16.7 Å². The highest BCUT2D eigenvalue weighted by molar-refractivity contribution is 6.10. The molecule has 0 saturated heterocycles. The minimum absolute atomic E-state index is 0.0955. The third kappa shape index (κ3) is 3.76. The summed E-state index contributed by atoms with van der Waals surface area (Å²) in [5, 5.41) is 10.2. The van der Waals surface area contributed by atoms with Crippen molar-refractivity contribution in [3.63, 3.8) is 0 Å². The molecule has 25 heavy (non-hydrogen) atoms. The molecule has 0 amide bonds. The van der Waals surface area contributed by atoms with Crippen molar-refractivity contribution in [1.29, 1.82) is 0 Å². The van der Waals surface area contributed by atoms with Gasteiger partial charge in [0.15, 0.2) is 17.3 Å². The average Bonchev–Trinajstić information content (AvgIpc) is 2.61. The molecule has 132 valence electrons. The second-order valence-corrected chi connectivity index (χ2v) is 5.56. The molecule has 2 rings (SSSR count). The van der Waals surface area contributed by atoms with Crippen molar-refractivity contribution in [3.8, 4) is 23.0 Å². The fourth-order valence-electron chi connectivity index (χ4n) is 2.57. The first-order valence-electron chi connectivity index (χ1n) is 7.74. The van der Waals surface area contributed by atoms with E-state index in [1.165, 1.54) is 13.2 Å². The minimum Gasteiger partial charge on any atom is -0.507 e. The maximum absolute atomic E-state index is 12.6. The number of carbonyl (C=O) groups excluding carboxylic acids is 1. The standard InChI is InChI=1S/C20H22O5/c1-12-10-16(22)19(20(25-5)13(12)2)15(21)8-6-14-7-9-17(23-3)18(11-14)24-4/h6-11,22H,1-5H3/b8-6+. The molecule has 0 aliphatic carbocycles. The number of hydrogen-bond donors (Lipinski definition) is 1. The van der Waals surface area contributed by atoms with Crippen LogP contribution < -0.4 is 14.2 Å². The average molecular weight is 342 g/mol. The monoisotopic (exact) mass is 342 g/mol. The summed E-state index contributed by atoms with van der Waals surface area (Å²) >= 11 is 0. The van der Waals surface area contributed by atoms with Gasteiger partial charge >= 0.3 is 0 Å². The third-order valence-electron chi connectivity index (χ3n) is 4.05. The van der Waals surface area contributed by atoms with Crippen LogP contribution in [0.1, 0.15) is 27.0 Å². The van der Waals surface area contributed by atoms with Gasteiger partial charge in [0.05, 0.1) is 21.3 Å². The molecular formula is C20H22O5. The molecule has 0 spiro atoms. The summed E-state index contributed by atoms with van der Waals surface area (Å²) < 4.78 is 15.8. The van der Waals surface area contributed by atoms with E-state index < -0.39 is 0 Å². The second kappa shape index (κ2) is 7.75. The quantitative estimate of drug-likeness (QED) is 0.636. The molecule has 5 heteroatoms. The highest BCUT2D eigenvalue weighted by Crippen LogP contribution is 2.34. The van der Waals surface area contributed by atoms with Crippen LogP contribution in [0.15, 0.2) is 30.3 Å². The fourth-order valence-corrected chi connectivity index (χ4v) is 2.57. The molecule has 0 heterocycles. The molecule has 0 radical (unpaired) electrons. The molecule has 2 aromatic carbocycles. The van der Waals surface area contributed by atoms with Crippen molar-refractivity contribution in [1.82, 2.24) is 0 Å². The van der Waals surface area contributed by atoms with Gasteiger partial charge in [0, 0.05) is 0 Å². The van der Waals surface area contributed by atoms with Crippen molar-refractivity contribution >= 4 is 11.9 Å². The Labute approximate surface area is 147 Å². The maximum atomic E-state index is 12.6. The summed E-state index contributed by atoms with van der Waals surface area (Å²) in [6.07, 6.45) is 3.05. The Balaban J connectivity index is 2.37. The number of ether oxygens (including phenoxy) is 3. The highest BCUT2D eigenvalue weighted by atomic mass is 16.5. The zero-order valence-electron chi connectivity index (χ0n) is 15.0. The van der Waals surface area contributed by atoms with E-state index in [9.17, 15) is 9.90 Å². The molecule has 0 saturated carbocycles. The number of hydrogen-bond acceptors (Lipinski definition) is 5. The second-order valence-electron chi connectivity index (χ2n) is 5.56. The first-order chi connectivity index (χ1) is 11.9. The van der Waals surface area contributed by atoms with Gasteiger partial charge in [-0.3, -0.25) is 4.79 Å². The Kier molecular flexibility index (Phi) is 5.70. The van der Waals surface area contributed by atoms with Gasteiger partial charge in [0.2, 0.25) is 0 Å². The number of carbonyl (C=O) groups is 1. The number of rotatable bonds is 6. The number of aryl methyl sites for hydroxylation is 1. The van der Waals surface area contributed by atoms with Crippen LogP contribution in [0.25, 0.3) is 6.08 Å². The van der Waals surface area contributed by atoms with E-state index in [-0.39, 0.29) is 17.1 Å². The van der Waals surface area contributed by atoms with Crippen molar-refractivity contribution in [2.75, 3.05) is 21.3 Å². The van der Waals surface area contributed by atoms with Crippen molar-refractivity contribution in [3.05, 3.63) is 52.6 Å². The molecule has 0 aliphatic rings. The van der Waals surface area contributed by atoms with Crippen LogP contribution in [-0.4, -0.2) is 32.2 Å². The van der Waals surface area contributed by atoms with Crippen LogP contribution in [0.4, 0.5) is 0 Å². The lowest BCUT2D eigenvalue weighted by Crippen LogP contribution is -2.03. The van der Waals surface area contributed by atoms with Crippen molar-refractivity contribution < 1.29 is 24.1 Å². The minimum atomic E-state index is -0.341. The van der Waals surface area contributed by atoms with Crippen molar-refractivity contribution in [2.45, 2.75) is 13.8 Å². The SMILES string of the molecule is COc1ccc(/C=C/C(=O)c2c(O)cc(C)c(C)c2OC)cc1OC. The van der Waals surface area contributed by atoms with E-state index in [0.29, 0.717) is 17.2 Å². The number of allylic oxidation sites excluding steroid dienone is 1. The van der Waals surface area contributed by atoms with Gasteiger partial charge in [-0.1, -0.05) is 12.1 Å². The van der Waals surface area contributed by atoms with Crippen LogP contribution in [0.3, 0.4) is 0 Å². The van der Waals surface area contributed by atoms with Crippen LogP contribution in [0.2, 0.25) is 0 Å². The first-order valence-corrected chi connectivity index (χ1v) is 7.74. The van der Waals surface area contributed by atoms with Crippen LogP contribution in [0.5, 0.6) is 23.0 Å². The van der Waals surface area contributed by atoms with Crippen molar-refractivity contribution in [2.24, 2.45) is 0 Å². The Hall–Kier alpha value is -2.95. The van der Waals surface area contributed by atoms with Gasteiger partial charge in [0.1, 0.15) is 17.1 Å². The topological polar surface area (TPSA) is 65.0 Å². The van der Waals surface area contributed by atoms with Gasteiger partial charge in [-0.2, -0.15) is 0 Å². The summed E-state index contributed by atoms with van der Waals surface area (Å²) in [7, 11) is 4.59. The predicted octanol–water partition coefficient (Wildman–Crippen LogP) is 3.93. The number of phenolic OH excluding ortho intramolecular Hbond substituents is 1. The van der Waals surface area contributed by atoms with E-state index in [1.54, 1.807) is 38.5 Å². The lowest BCUT2D eigenvalue weighted by molar-refractivity contribution is 0.104. The number of phenols is 1. The lowest BCUT2D eigenvalue weighted by Gasteiger charge is -2.13. The van der Waals surface area contributed by atoms with E-state index in [2.05, 4.69) is 0 Å². The smallest absolute Gasteiger partial charge is 0.193 e. The Morgan fingerprint density at radius 3 is 2.28 bits per heavy atom. The van der Waals surface area contributed by atoms with Gasteiger partial charge in [-0.05, 0) is 54.8 Å². The largest absolute Gasteiger partial charge is 0.507 e. The molecule has 0 unspecified atom stereocenters. The Morgan fingerprint density at radius 2 is 1.68 bits per heavy atom. The molecular weight excluding hydrogens is 320 g/mol. The van der Waals surface area contributed by atoms with Gasteiger partial charge in [-0.25, -0.2) is 0 Å². The molecule has 0 atom stereocenters. The molecule has 1 N–H and O–H groups in total. The van der Waals surface area contributed by atoms with Crippen LogP contribution in [-0.2, 0) is 0 Å². The number of methoxy groups -OCH3 is 3. The molecule has 0 aromatic heterocycles. The lowest BCUT2D eigenvalue weighted by atomic mass is 9.99. The Bertz CT molecular complexity index is 821. The molecule has 0 fully saturated rings. The summed E-state index contributed by atoms with van der Waals surface area (Å²) in [5.41, 5.74) is 2.61. The molecule has 2 aromatic rings. The maximum Gasteiger partial charge on any atom is 0.193 e. The van der Waals surface area contributed by atoms with E-state index >= 15 is 0 Å². The molecule has 0 aliphatic heterocycles. The number of ketones is 1. The predicted molar refractivity (Wildman–Crippen MR) is 97.0 cm³/mol. The number of aromatic hydroxyl groups is 1. The van der Waals surface area contributed by atoms with Crippen LogP contribution >= 0.6 is 0 Å².